The zero-order valence-corrected chi connectivity index (χ0v) is 10.6. The summed E-state index contributed by atoms with van der Waals surface area (Å²) in [6.45, 7) is -0.0466. The van der Waals surface area contributed by atoms with Gasteiger partial charge in [0.1, 0.15) is 3.23 Å². The predicted octanol–water partition coefficient (Wildman–Crippen LogP) is 2.74. The third-order valence-corrected chi connectivity index (χ3v) is 3.31. The van der Waals surface area contributed by atoms with Crippen molar-refractivity contribution in [2.75, 3.05) is 6.61 Å². The molecule has 14 heavy (non-hydrogen) atoms. The SMILES string of the molecule is O=C(c1ccccc1)C(Br)(Br)CCO. The molecule has 0 aliphatic carbocycles. The number of aliphatic hydroxyl groups excluding tert-OH is 1. The fourth-order valence-corrected chi connectivity index (χ4v) is 1.87. The number of Topliss-reactive ketones (excluding diaryl/α,β-unsaturated/α-hetero) is 1. The van der Waals surface area contributed by atoms with Gasteiger partial charge in [0, 0.05) is 18.6 Å². The maximum atomic E-state index is 11.9. The van der Waals surface area contributed by atoms with Gasteiger partial charge < -0.3 is 5.11 Å². The maximum Gasteiger partial charge on any atom is 0.190 e. The lowest BCUT2D eigenvalue weighted by molar-refractivity contribution is 0.0971. The Balaban J connectivity index is 2.85. The van der Waals surface area contributed by atoms with E-state index in [4.69, 9.17) is 5.11 Å². The van der Waals surface area contributed by atoms with Crippen LogP contribution in [0.2, 0.25) is 0 Å². The number of halogens is 2. The number of carbonyl (C=O) groups excluding carboxylic acids is 1. The molecule has 0 saturated heterocycles. The van der Waals surface area contributed by atoms with E-state index in [0.29, 0.717) is 12.0 Å². The summed E-state index contributed by atoms with van der Waals surface area (Å²) >= 11 is 6.50. The van der Waals surface area contributed by atoms with Gasteiger partial charge in [0.2, 0.25) is 0 Å². The summed E-state index contributed by atoms with van der Waals surface area (Å²) in [6, 6.07) is 8.96. The molecular weight excluding hydrogens is 312 g/mol. The van der Waals surface area contributed by atoms with Crippen molar-refractivity contribution in [3.63, 3.8) is 0 Å². The molecule has 0 amide bonds. The molecule has 0 spiro atoms. The van der Waals surface area contributed by atoms with Crippen molar-refractivity contribution in [3.8, 4) is 0 Å². The molecule has 1 aromatic rings. The molecule has 0 aromatic heterocycles. The van der Waals surface area contributed by atoms with Crippen LogP contribution in [0, 0.1) is 0 Å². The van der Waals surface area contributed by atoms with Gasteiger partial charge in [-0.1, -0.05) is 62.2 Å². The molecule has 1 aromatic carbocycles. The molecule has 4 heteroatoms. The van der Waals surface area contributed by atoms with Crippen LogP contribution in [0.1, 0.15) is 16.8 Å². The Kier molecular flexibility index (Phi) is 4.29. The molecule has 0 fully saturated rings. The third kappa shape index (κ3) is 2.90. The predicted molar refractivity (Wildman–Crippen MR) is 63.1 cm³/mol. The second kappa shape index (κ2) is 5.05. The molecule has 0 atom stereocenters. The fourth-order valence-electron chi connectivity index (χ4n) is 1.05. The summed E-state index contributed by atoms with van der Waals surface area (Å²) in [5, 5.41) is 8.79. The number of alkyl halides is 2. The molecule has 0 aliphatic rings. The van der Waals surface area contributed by atoms with Crippen LogP contribution in [0.25, 0.3) is 0 Å². The van der Waals surface area contributed by atoms with Crippen molar-refractivity contribution in [1.29, 1.82) is 0 Å². The molecule has 0 aliphatic heterocycles. The Hall–Kier alpha value is -0.190. The second-order valence-corrected chi connectivity index (χ2v) is 6.64. The van der Waals surface area contributed by atoms with Gasteiger partial charge in [-0.3, -0.25) is 4.79 Å². The number of ketones is 1. The van der Waals surface area contributed by atoms with E-state index in [9.17, 15) is 4.79 Å². The zero-order valence-electron chi connectivity index (χ0n) is 7.41. The lowest BCUT2D eigenvalue weighted by atomic mass is 10.1. The first-order chi connectivity index (χ1) is 6.58. The van der Waals surface area contributed by atoms with Gasteiger partial charge in [-0.05, 0) is 0 Å². The first-order valence-corrected chi connectivity index (χ1v) is 5.75. The van der Waals surface area contributed by atoms with Crippen molar-refractivity contribution in [1.82, 2.24) is 0 Å². The average Bonchev–Trinajstić information content (AvgIpc) is 2.18. The Morgan fingerprint density at radius 2 is 1.86 bits per heavy atom. The van der Waals surface area contributed by atoms with Crippen molar-refractivity contribution >= 4 is 37.6 Å². The quantitative estimate of drug-likeness (QED) is 0.684. The first kappa shape index (κ1) is 11.9. The van der Waals surface area contributed by atoms with Gasteiger partial charge in [-0.2, -0.15) is 0 Å². The Labute approximate surface area is 99.6 Å². The van der Waals surface area contributed by atoms with E-state index >= 15 is 0 Å². The van der Waals surface area contributed by atoms with Crippen molar-refractivity contribution in [3.05, 3.63) is 35.9 Å². The van der Waals surface area contributed by atoms with Crippen LogP contribution in [0.4, 0.5) is 0 Å². The average molecular weight is 322 g/mol. The minimum absolute atomic E-state index is 0.0466. The summed E-state index contributed by atoms with van der Waals surface area (Å²) in [4.78, 5) is 11.9. The van der Waals surface area contributed by atoms with E-state index in [1.165, 1.54) is 0 Å². The molecule has 2 nitrogen and oxygen atoms in total. The van der Waals surface area contributed by atoms with E-state index in [1.807, 2.05) is 18.2 Å². The fraction of sp³-hybridized carbons (Fsp3) is 0.300. The van der Waals surface area contributed by atoms with E-state index in [-0.39, 0.29) is 12.4 Å². The first-order valence-electron chi connectivity index (χ1n) is 4.16. The standard InChI is InChI=1S/C10H10Br2O2/c11-10(12,6-7-13)9(14)8-4-2-1-3-5-8/h1-5,13H,6-7H2. The lowest BCUT2D eigenvalue weighted by Gasteiger charge is -2.17. The highest BCUT2D eigenvalue weighted by molar-refractivity contribution is 9.25. The highest BCUT2D eigenvalue weighted by Gasteiger charge is 2.32. The number of benzene rings is 1. The van der Waals surface area contributed by atoms with Crippen molar-refractivity contribution in [2.24, 2.45) is 0 Å². The van der Waals surface area contributed by atoms with Crippen molar-refractivity contribution < 1.29 is 9.90 Å². The number of carbonyl (C=O) groups is 1. The smallest absolute Gasteiger partial charge is 0.190 e. The summed E-state index contributed by atoms with van der Waals surface area (Å²) in [5.41, 5.74) is 0.620. The minimum atomic E-state index is -0.851. The topological polar surface area (TPSA) is 37.3 Å². The van der Waals surface area contributed by atoms with Crippen LogP contribution in [0.3, 0.4) is 0 Å². The molecule has 0 heterocycles. The van der Waals surface area contributed by atoms with Crippen LogP contribution < -0.4 is 0 Å². The number of aliphatic hydroxyl groups is 1. The molecule has 0 bridgehead atoms. The van der Waals surface area contributed by atoms with Gasteiger partial charge in [-0.15, -0.1) is 0 Å². The zero-order chi connectivity index (χ0) is 10.6. The van der Waals surface area contributed by atoms with Gasteiger partial charge in [0.15, 0.2) is 5.78 Å². The summed E-state index contributed by atoms with van der Waals surface area (Å²) in [7, 11) is 0. The van der Waals surface area contributed by atoms with Gasteiger partial charge in [0.25, 0.3) is 0 Å². The highest BCUT2D eigenvalue weighted by atomic mass is 79.9. The molecule has 1 rings (SSSR count). The highest BCUT2D eigenvalue weighted by Crippen LogP contribution is 2.33. The monoisotopic (exact) mass is 320 g/mol. The second-order valence-electron chi connectivity index (χ2n) is 2.87. The minimum Gasteiger partial charge on any atom is -0.396 e. The largest absolute Gasteiger partial charge is 0.396 e. The molecule has 0 saturated carbocycles. The van der Waals surface area contributed by atoms with E-state index in [2.05, 4.69) is 31.9 Å². The lowest BCUT2D eigenvalue weighted by Crippen LogP contribution is -2.26. The Bertz CT molecular complexity index is 309. The van der Waals surface area contributed by atoms with Gasteiger partial charge in [0.05, 0.1) is 0 Å². The van der Waals surface area contributed by atoms with E-state index in [1.54, 1.807) is 12.1 Å². The molecule has 0 radical (unpaired) electrons. The molecule has 1 N–H and O–H groups in total. The molecule has 76 valence electrons. The number of hydrogen-bond acceptors (Lipinski definition) is 2. The third-order valence-electron chi connectivity index (χ3n) is 1.79. The van der Waals surface area contributed by atoms with Crippen LogP contribution in [-0.4, -0.2) is 20.7 Å². The van der Waals surface area contributed by atoms with Gasteiger partial charge >= 0.3 is 0 Å². The van der Waals surface area contributed by atoms with Gasteiger partial charge in [-0.25, -0.2) is 0 Å². The van der Waals surface area contributed by atoms with Crippen LogP contribution in [-0.2, 0) is 0 Å². The van der Waals surface area contributed by atoms with Crippen LogP contribution in [0.5, 0.6) is 0 Å². The summed E-state index contributed by atoms with van der Waals surface area (Å²) < 4.78 is -0.851. The summed E-state index contributed by atoms with van der Waals surface area (Å²) in [5.74, 6) is -0.0767. The molecular formula is C10H10Br2O2. The van der Waals surface area contributed by atoms with E-state index in [0.717, 1.165) is 0 Å². The Morgan fingerprint density at radius 1 is 1.29 bits per heavy atom. The summed E-state index contributed by atoms with van der Waals surface area (Å²) in [6.07, 6.45) is 0.334. The molecule has 0 unspecified atom stereocenters. The van der Waals surface area contributed by atoms with Crippen LogP contribution in [0.15, 0.2) is 30.3 Å². The number of hydrogen-bond donors (Lipinski definition) is 1. The van der Waals surface area contributed by atoms with Crippen molar-refractivity contribution in [2.45, 2.75) is 9.65 Å². The van der Waals surface area contributed by atoms with Crippen LogP contribution >= 0.6 is 31.9 Å². The number of rotatable bonds is 4. The normalized spacial score (nSPS) is 11.4. The Morgan fingerprint density at radius 3 is 2.36 bits per heavy atom. The maximum absolute atomic E-state index is 11.9. The van der Waals surface area contributed by atoms with E-state index < -0.39 is 3.23 Å².